The van der Waals surface area contributed by atoms with Crippen molar-refractivity contribution in [1.29, 1.82) is 0 Å². The Morgan fingerprint density at radius 1 is 0.974 bits per heavy atom. The lowest BCUT2D eigenvalue weighted by Gasteiger charge is -2.26. The van der Waals surface area contributed by atoms with Crippen LogP contribution in [0.15, 0.2) is 71.7 Å². The number of aromatic hydroxyl groups is 1. The van der Waals surface area contributed by atoms with Gasteiger partial charge in [-0.3, -0.25) is 9.11 Å². The normalized spacial score (nSPS) is 15.2. The smallest absolute Gasteiger partial charge is 0.199 e. The predicted molar refractivity (Wildman–Crippen MR) is 154 cm³/mol. The lowest BCUT2D eigenvalue weighted by molar-refractivity contribution is 0.288. The number of hydrogen-bond acceptors (Lipinski definition) is 6. The van der Waals surface area contributed by atoms with Gasteiger partial charge in [-0.05, 0) is 37.6 Å². The fourth-order valence-electron chi connectivity index (χ4n) is 4.72. The molecule has 3 aromatic carbocycles. The zero-order chi connectivity index (χ0) is 26.5. The molecule has 0 atom stereocenters. The molecular weight excluding hydrogens is 498 g/mol. The number of fused-ring (bicyclic) bond motifs is 1. The minimum atomic E-state index is -0.677. The van der Waals surface area contributed by atoms with Crippen LogP contribution in [-0.2, 0) is 17.3 Å². The van der Waals surface area contributed by atoms with Crippen LogP contribution < -0.4 is 9.47 Å². The quantitative estimate of drug-likeness (QED) is 0.282. The van der Waals surface area contributed by atoms with Crippen LogP contribution in [0, 0.1) is 0 Å². The molecule has 8 heteroatoms. The second kappa shape index (κ2) is 11.8. The van der Waals surface area contributed by atoms with Gasteiger partial charge in [0.1, 0.15) is 0 Å². The topological polar surface area (TPSA) is 87.2 Å². The number of H-pyrrole nitrogens is 1. The van der Waals surface area contributed by atoms with E-state index < -0.39 is 10.8 Å². The molecule has 0 aliphatic carbocycles. The first kappa shape index (κ1) is 26.0. The van der Waals surface area contributed by atoms with Crippen LogP contribution in [0.25, 0.3) is 10.9 Å². The van der Waals surface area contributed by atoms with Gasteiger partial charge in [0.15, 0.2) is 17.4 Å². The van der Waals surface area contributed by atoms with E-state index in [4.69, 9.17) is 14.5 Å². The number of aromatic amines is 1. The second-order valence-corrected chi connectivity index (χ2v) is 10.9. The Labute approximate surface area is 225 Å². The molecule has 0 saturated carbocycles. The summed E-state index contributed by atoms with van der Waals surface area (Å²) >= 11 is 0. The maximum Gasteiger partial charge on any atom is 0.199 e. The third-order valence-electron chi connectivity index (χ3n) is 6.58. The van der Waals surface area contributed by atoms with Gasteiger partial charge in [0.25, 0.3) is 0 Å². The van der Waals surface area contributed by atoms with E-state index in [1.807, 2.05) is 68.4 Å². The molecule has 2 heterocycles. The average Bonchev–Trinajstić information content (AvgIpc) is 3.24. The van der Waals surface area contributed by atoms with Crippen molar-refractivity contribution in [2.24, 2.45) is 4.99 Å². The Morgan fingerprint density at radius 3 is 2.29 bits per heavy atom. The molecule has 0 bridgehead atoms. The molecule has 1 aliphatic rings. The second-order valence-electron chi connectivity index (χ2n) is 9.18. The van der Waals surface area contributed by atoms with Gasteiger partial charge in [0.2, 0.25) is 0 Å². The highest BCUT2D eigenvalue weighted by Gasteiger charge is 2.21. The molecule has 198 valence electrons. The first-order chi connectivity index (χ1) is 18.6. The fourth-order valence-corrected chi connectivity index (χ4v) is 5.85. The van der Waals surface area contributed by atoms with Gasteiger partial charge >= 0.3 is 0 Å². The maximum absolute atomic E-state index is 11.7. The van der Waals surface area contributed by atoms with E-state index in [-0.39, 0.29) is 5.88 Å². The largest absolute Gasteiger partial charge is 0.494 e. The monoisotopic (exact) mass is 531 g/mol. The SMILES string of the molecule is CCOc1cc2[nH]c(O)c(C(=Nc3ccc(CN4CCS(=O)CC4)cc3)c3ccccc3)c2cc1OCC. The zero-order valence-electron chi connectivity index (χ0n) is 21.8. The van der Waals surface area contributed by atoms with Gasteiger partial charge < -0.3 is 19.6 Å². The Bertz CT molecular complexity index is 1440. The third kappa shape index (κ3) is 5.76. The van der Waals surface area contributed by atoms with E-state index in [9.17, 15) is 9.32 Å². The predicted octanol–water partition coefficient (Wildman–Crippen LogP) is 5.40. The van der Waals surface area contributed by atoms with Crippen molar-refractivity contribution in [3.05, 3.63) is 83.4 Å². The molecule has 0 unspecified atom stereocenters. The summed E-state index contributed by atoms with van der Waals surface area (Å²) in [6.45, 7) is 7.42. The molecule has 0 amide bonds. The van der Waals surface area contributed by atoms with Gasteiger partial charge in [0, 0.05) is 59.0 Å². The summed E-state index contributed by atoms with van der Waals surface area (Å²) < 4.78 is 23.3. The zero-order valence-corrected chi connectivity index (χ0v) is 22.6. The van der Waals surface area contributed by atoms with Crippen LogP contribution in [-0.4, -0.2) is 62.7 Å². The molecule has 38 heavy (non-hydrogen) atoms. The minimum absolute atomic E-state index is 0.0396. The minimum Gasteiger partial charge on any atom is -0.494 e. The molecule has 4 aromatic rings. The van der Waals surface area contributed by atoms with Gasteiger partial charge in [-0.1, -0.05) is 42.5 Å². The number of nitrogens with one attached hydrogen (secondary N) is 1. The molecule has 1 fully saturated rings. The first-order valence-corrected chi connectivity index (χ1v) is 14.5. The molecule has 2 N–H and O–H groups in total. The summed E-state index contributed by atoms with van der Waals surface area (Å²) in [5, 5.41) is 11.9. The van der Waals surface area contributed by atoms with Crippen LogP contribution in [0.2, 0.25) is 0 Å². The van der Waals surface area contributed by atoms with Crippen molar-refractivity contribution in [2.75, 3.05) is 37.8 Å². The number of rotatable bonds is 9. The summed E-state index contributed by atoms with van der Waals surface area (Å²) in [6.07, 6.45) is 0. The Kier molecular flexibility index (Phi) is 8.10. The van der Waals surface area contributed by atoms with Crippen molar-refractivity contribution in [3.8, 4) is 17.4 Å². The van der Waals surface area contributed by atoms with E-state index in [2.05, 4.69) is 22.0 Å². The molecule has 0 spiro atoms. The summed E-state index contributed by atoms with van der Waals surface area (Å²) in [5.41, 5.74) is 4.88. The molecule has 1 saturated heterocycles. The fraction of sp³-hybridized carbons (Fsp3) is 0.300. The average molecular weight is 532 g/mol. The van der Waals surface area contributed by atoms with Gasteiger partial charge in [0.05, 0.1) is 35.7 Å². The van der Waals surface area contributed by atoms with Crippen molar-refractivity contribution < 1.29 is 18.8 Å². The van der Waals surface area contributed by atoms with Crippen molar-refractivity contribution >= 4 is 33.1 Å². The van der Waals surface area contributed by atoms with Crippen LogP contribution in [0.3, 0.4) is 0 Å². The van der Waals surface area contributed by atoms with Crippen LogP contribution in [0.1, 0.15) is 30.5 Å². The van der Waals surface area contributed by atoms with Crippen molar-refractivity contribution in [3.63, 3.8) is 0 Å². The highest BCUT2D eigenvalue weighted by atomic mass is 32.2. The van der Waals surface area contributed by atoms with Crippen molar-refractivity contribution in [1.82, 2.24) is 9.88 Å². The summed E-state index contributed by atoms with van der Waals surface area (Å²) in [7, 11) is -0.677. The standard InChI is InChI=1S/C30H33N3O4S/c1-3-36-26-18-24-25(19-27(26)37-4-2)32-30(34)28(24)29(22-8-6-5-7-9-22)31-23-12-10-21(11-13-23)20-33-14-16-38(35)17-15-33/h5-13,18-19,32,34H,3-4,14-17,20H2,1-2H3. The molecule has 5 rings (SSSR count). The summed E-state index contributed by atoms with van der Waals surface area (Å²) in [5.74, 6) is 2.78. The van der Waals surface area contributed by atoms with E-state index in [0.29, 0.717) is 36.0 Å². The third-order valence-corrected chi connectivity index (χ3v) is 7.86. The Balaban J connectivity index is 1.54. The van der Waals surface area contributed by atoms with E-state index in [1.54, 1.807) is 0 Å². The van der Waals surface area contributed by atoms with Crippen molar-refractivity contribution in [2.45, 2.75) is 20.4 Å². The van der Waals surface area contributed by atoms with Gasteiger partial charge in [-0.25, -0.2) is 4.99 Å². The van der Waals surface area contributed by atoms with E-state index in [1.165, 1.54) is 5.56 Å². The molecule has 7 nitrogen and oxygen atoms in total. The molecular formula is C30H33N3O4S. The number of aromatic nitrogens is 1. The van der Waals surface area contributed by atoms with E-state index in [0.717, 1.165) is 53.3 Å². The molecule has 0 radical (unpaired) electrons. The number of aliphatic imine (C=N–C) groups is 1. The lowest BCUT2D eigenvalue weighted by atomic mass is 10.0. The van der Waals surface area contributed by atoms with E-state index >= 15 is 0 Å². The highest BCUT2D eigenvalue weighted by molar-refractivity contribution is 7.85. The number of nitrogens with zero attached hydrogens (tertiary/aromatic N) is 2. The number of ether oxygens (including phenoxy) is 2. The summed E-state index contributed by atoms with van der Waals surface area (Å²) in [4.78, 5) is 10.5. The number of benzene rings is 3. The molecule has 1 aliphatic heterocycles. The number of hydrogen-bond donors (Lipinski definition) is 2. The van der Waals surface area contributed by atoms with Crippen LogP contribution >= 0.6 is 0 Å². The lowest BCUT2D eigenvalue weighted by Crippen LogP contribution is -2.37. The Morgan fingerprint density at radius 2 is 1.63 bits per heavy atom. The maximum atomic E-state index is 11.7. The van der Waals surface area contributed by atoms with Crippen LogP contribution in [0.5, 0.6) is 17.4 Å². The summed E-state index contributed by atoms with van der Waals surface area (Å²) in [6, 6.07) is 21.8. The Hall–Kier alpha value is -3.62. The van der Waals surface area contributed by atoms with Gasteiger partial charge in [-0.15, -0.1) is 0 Å². The van der Waals surface area contributed by atoms with Gasteiger partial charge in [-0.2, -0.15) is 0 Å². The van der Waals surface area contributed by atoms with Crippen LogP contribution in [0.4, 0.5) is 5.69 Å². The molecule has 1 aromatic heterocycles. The highest BCUT2D eigenvalue weighted by Crippen LogP contribution is 2.38. The first-order valence-electron chi connectivity index (χ1n) is 13.0.